The lowest BCUT2D eigenvalue weighted by Gasteiger charge is -2.26. The Hall–Kier alpha value is -1.47. The summed E-state index contributed by atoms with van der Waals surface area (Å²) in [6.07, 6.45) is 6.77. The largest absolute Gasteiger partial charge is 0.387 e. The van der Waals surface area contributed by atoms with Gasteiger partial charge < -0.3 is 10.2 Å². The zero-order chi connectivity index (χ0) is 15.0. The highest BCUT2D eigenvalue weighted by molar-refractivity contribution is 7.09. The van der Waals surface area contributed by atoms with Crippen molar-refractivity contribution in [3.63, 3.8) is 0 Å². The predicted molar refractivity (Wildman–Crippen MR) is 83.7 cm³/mol. The first-order valence-electron chi connectivity index (χ1n) is 7.89. The number of carbonyl (C=O) groups excluding carboxylic acids is 1. The van der Waals surface area contributed by atoms with Gasteiger partial charge in [0.15, 0.2) is 5.60 Å². The molecule has 1 spiro atoms. The van der Waals surface area contributed by atoms with E-state index in [1.165, 1.54) is 6.42 Å². The second-order valence-corrected chi connectivity index (χ2v) is 7.46. The van der Waals surface area contributed by atoms with E-state index in [9.17, 15) is 4.79 Å². The summed E-state index contributed by atoms with van der Waals surface area (Å²) in [5, 5.41) is 10.2. The van der Waals surface area contributed by atoms with Crippen LogP contribution in [0.25, 0.3) is 0 Å². The van der Waals surface area contributed by atoms with Crippen molar-refractivity contribution in [2.24, 2.45) is 5.16 Å². The molecule has 7 heteroatoms. The van der Waals surface area contributed by atoms with E-state index in [4.69, 9.17) is 4.84 Å². The number of thiazole rings is 1. The minimum atomic E-state index is -0.302. The van der Waals surface area contributed by atoms with Gasteiger partial charge in [-0.1, -0.05) is 5.16 Å². The molecule has 6 nitrogen and oxygen atoms in total. The van der Waals surface area contributed by atoms with Crippen LogP contribution < -0.4 is 5.32 Å². The van der Waals surface area contributed by atoms with Crippen LogP contribution >= 0.6 is 11.3 Å². The van der Waals surface area contributed by atoms with Crippen LogP contribution in [0.4, 0.5) is 0 Å². The fourth-order valence-electron chi connectivity index (χ4n) is 3.27. The number of oxime groups is 1. The molecule has 1 aromatic rings. The smallest absolute Gasteiger partial charge is 0.269 e. The Morgan fingerprint density at radius 1 is 1.55 bits per heavy atom. The van der Waals surface area contributed by atoms with E-state index in [-0.39, 0.29) is 11.5 Å². The van der Waals surface area contributed by atoms with Crippen LogP contribution in [0, 0.1) is 0 Å². The zero-order valence-corrected chi connectivity index (χ0v) is 13.3. The topological polar surface area (TPSA) is 66.8 Å². The molecule has 2 aliphatic heterocycles. The van der Waals surface area contributed by atoms with E-state index in [1.807, 2.05) is 11.6 Å². The predicted octanol–water partition coefficient (Wildman–Crippen LogP) is 1.53. The summed E-state index contributed by atoms with van der Waals surface area (Å²) in [5.41, 5.74) is 0.256. The van der Waals surface area contributed by atoms with Gasteiger partial charge in [-0.15, -0.1) is 11.3 Å². The number of hydrogen-bond donors (Lipinski definition) is 1. The number of aromatic nitrogens is 1. The number of nitrogens with one attached hydrogen (secondary N) is 1. The molecule has 1 saturated heterocycles. The fraction of sp³-hybridized carbons (Fsp3) is 0.667. The second kappa shape index (κ2) is 5.62. The van der Waals surface area contributed by atoms with Gasteiger partial charge in [0.2, 0.25) is 0 Å². The molecular formula is C15H20N4O2S. The standard InChI is InChI=1S/C15H20N4O2S/c20-14(17-11-2-1-3-11)12-8-15(21-18-12)4-6-19(10-15)9-13-16-5-7-22-13/h5,7,11H,1-4,6,8-10H2,(H,17,20)/t15-/m0/s1. The molecule has 1 N–H and O–H groups in total. The molecule has 1 amide bonds. The van der Waals surface area contributed by atoms with Gasteiger partial charge in [0.1, 0.15) is 10.7 Å². The minimum Gasteiger partial charge on any atom is -0.387 e. The van der Waals surface area contributed by atoms with Crippen LogP contribution in [0.3, 0.4) is 0 Å². The molecule has 118 valence electrons. The fourth-order valence-corrected chi connectivity index (χ4v) is 3.93. The van der Waals surface area contributed by atoms with Crippen molar-refractivity contribution in [2.45, 2.75) is 50.3 Å². The third-order valence-corrected chi connectivity index (χ3v) is 5.54. The van der Waals surface area contributed by atoms with E-state index >= 15 is 0 Å². The Bertz CT molecular complexity index is 584. The molecule has 1 saturated carbocycles. The normalized spacial score (nSPS) is 28.5. The third kappa shape index (κ3) is 2.75. The highest BCUT2D eigenvalue weighted by Crippen LogP contribution is 2.34. The van der Waals surface area contributed by atoms with Crippen molar-refractivity contribution < 1.29 is 9.63 Å². The van der Waals surface area contributed by atoms with Crippen LogP contribution in [0.5, 0.6) is 0 Å². The van der Waals surface area contributed by atoms with Gasteiger partial charge in [0.25, 0.3) is 5.91 Å². The highest BCUT2D eigenvalue weighted by atomic mass is 32.1. The first kappa shape index (κ1) is 14.1. The van der Waals surface area contributed by atoms with E-state index in [1.54, 1.807) is 11.3 Å². The minimum absolute atomic E-state index is 0.0417. The van der Waals surface area contributed by atoms with Gasteiger partial charge in [-0.3, -0.25) is 9.69 Å². The SMILES string of the molecule is O=C(NC1CCC1)C1=NO[C@@]2(CCN(Cc3nccs3)C2)C1. The van der Waals surface area contributed by atoms with Crippen molar-refractivity contribution >= 4 is 23.0 Å². The van der Waals surface area contributed by atoms with Crippen LogP contribution in [-0.4, -0.2) is 46.2 Å². The molecule has 0 radical (unpaired) electrons. The van der Waals surface area contributed by atoms with Gasteiger partial charge in [0.05, 0.1) is 6.54 Å². The summed E-state index contributed by atoms with van der Waals surface area (Å²) in [6.45, 7) is 2.63. The maximum atomic E-state index is 12.2. The van der Waals surface area contributed by atoms with Gasteiger partial charge in [0, 0.05) is 43.5 Å². The Morgan fingerprint density at radius 2 is 2.45 bits per heavy atom. The number of hydrogen-bond acceptors (Lipinski definition) is 6. The molecule has 1 aromatic heterocycles. The summed E-state index contributed by atoms with van der Waals surface area (Å²) in [7, 11) is 0. The maximum absolute atomic E-state index is 12.2. The molecular weight excluding hydrogens is 300 g/mol. The van der Waals surface area contributed by atoms with Crippen molar-refractivity contribution in [2.75, 3.05) is 13.1 Å². The monoisotopic (exact) mass is 320 g/mol. The maximum Gasteiger partial charge on any atom is 0.269 e. The molecule has 22 heavy (non-hydrogen) atoms. The molecule has 1 aliphatic carbocycles. The van der Waals surface area contributed by atoms with E-state index in [2.05, 4.69) is 20.4 Å². The van der Waals surface area contributed by atoms with Crippen LogP contribution in [0.1, 0.15) is 37.1 Å². The average Bonchev–Trinajstić information content (AvgIpc) is 3.18. The van der Waals surface area contributed by atoms with Crippen molar-refractivity contribution in [3.05, 3.63) is 16.6 Å². The van der Waals surface area contributed by atoms with Crippen LogP contribution in [0.15, 0.2) is 16.7 Å². The van der Waals surface area contributed by atoms with Crippen molar-refractivity contribution in [3.8, 4) is 0 Å². The first-order chi connectivity index (χ1) is 10.7. The van der Waals surface area contributed by atoms with Gasteiger partial charge in [-0.05, 0) is 19.3 Å². The molecule has 1 atom stereocenters. The first-order valence-corrected chi connectivity index (χ1v) is 8.77. The Labute approximate surface area is 133 Å². The number of amides is 1. The lowest BCUT2D eigenvalue weighted by molar-refractivity contribution is -0.116. The van der Waals surface area contributed by atoms with Crippen molar-refractivity contribution in [1.82, 2.24) is 15.2 Å². The lowest BCUT2D eigenvalue weighted by atomic mass is 9.92. The molecule has 4 rings (SSSR count). The van der Waals surface area contributed by atoms with Gasteiger partial charge >= 0.3 is 0 Å². The van der Waals surface area contributed by atoms with Crippen LogP contribution in [-0.2, 0) is 16.2 Å². The van der Waals surface area contributed by atoms with E-state index < -0.39 is 0 Å². The Morgan fingerprint density at radius 3 is 3.18 bits per heavy atom. The van der Waals surface area contributed by atoms with E-state index in [0.29, 0.717) is 18.2 Å². The molecule has 0 aromatic carbocycles. The van der Waals surface area contributed by atoms with Crippen molar-refractivity contribution in [1.29, 1.82) is 0 Å². The van der Waals surface area contributed by atoms with Crippen LogP contribution in [0.2, 0.25) is 0 Å². The highest BCUT2D eigenvalue weighted by Gasteiger charge is 2.46. The number of likely N-dealkylation sites (tertiary alicyclic amines) is 1. The number of rotatable bonds is 4. The molecule has 3 aliphatic rings. The molecule has 2 fully saturated rings. The second-order valence-electron chi connectivity index (χ2n) is 6.48. The molecule has 0 unspecified atom stereocenters. The van der Waals surface area contributed by atoms with Gasteiger partial charge in [-0.25, -0.2) is 4.98 Å². The van der Waals surface area contributed by atoms with E-state index in [0.717, 1.165) is 43.9 Å². The summed E-state index contributed by atoms with van der Waals surface area (Å²) >= 11 is 1.68. The summed E-state index contributed by atoms with van der Waals surface area (Å²) < 4.78 is 0. The average molecular weight is 320 g/mol. The molecule has 3 heterocycles. The zero-order valence-electron chi connectivity index (χ0n) is 12.5. The quantitative estimate of drug-likeness (QED) is 0.914. The van der Waals surface area contributed by atoms with Gasteiger partial charge in [-0.2, -0.15) is 0 Å². The Kier molecular flexibility index (Phi) is 3.62. The Balaban J connectivity index is 1.32. The third-order valence-electron chi connectivity index (χ3n) is 4.78. The summed E-state index contributed by atoms with van der Waals surface area (Å²) in [6, 6.07) is 0.344. The summed E-state index contributed by atoms with van der Waals surface area (Å²) in [5.74, 6) is -0.0417. The summed E-state index contributed by atoms with van der Waals surface area (Å²) in [4.78, 5) is 24.5. The molecule has 0 bridgehead atoms. The number of nitrogens with zero attached hydrogens (tertiary/aromatic N) is 3. The lowest BCUT2D eigenvalue weighted by Crippen LogP contribution is -2.43. The number of carbonyl (C=O) groups is 1.